The first-order chi connectivity index (χ1) is 5.66. The average Bonchev–Trinajstić information content (AvgIpc) is 1.97. The van der Waals surface area contributed by atoms with Gasteiger partial charge in [0.05, 0.1) is 5.84 Å². The topological polar surface area (TPSA) is 50.4 Å². The molecule has 0 aliphatic rings. The number of nitrogens with zero attached hydrogens (tertiary/aromatic N) is 1. The Morgan fingerprint density at radius 2 is 2.17 bits per heavy atom. The highest BCUT2D eigenvalue weighted by atomic mass is 32.1. The lowest BCUT2D eigenvalue weighted by Crippen LogP contribution is -2.23. The number of unbranched alkanes of at least 4 members (excludes halogenated alkanes) is 2. The summed E-state index contributed by atoms with van der Waals surface area (Å²) in [6.07, 6.45) is 3.57. The Balaban J connectivity index is 3.39. The van der Waals surface area contributed by atoms with Crippen molar-refractivity contribution in [2.75, 3.05) is 6.54 Å². The second-order valence-corrected chi connectivity index (χ2v) is 3.08. The van der Waals surface area contributed by atoms with Crippen molar-refractivity contribution in [3.63, 3.8) is 0 Å². The van der Waals surface area contributed by atoms with Gasteiger partial charge in [-0.25, -0.2) is 4.99 Å². The first kappa shape index (κ1) is 11.4. The van der Waals surface area contributed by atoms with Crippen LogP contribution in [0.25, 0.3) is 0 Å². The molecule has 0 fully saturated rings. The number of amidine groups is 1. The van der Waals surface area contributed by atoms with Crippen molar-refractivity contribution in [1.29, 1.82) is 0 Å². The number of nitrogens with one attached hydrogen (secondary N) is 1. The van der Waals surface area contributed by atoms with E-state index >= 15 is 0 Å². The Bertz CT molecular complexity index is 162. The van der Waals surface area contributed by atoms with Crippen molar-refractivity contribution in [2.45, 2.75) is 33.1 Å². The monoisotopic (exact) mass is 187 g/mol. The van der Waals surface area contributed by atoms with Gasteiger partial charge in [0.1, 0.15) is 0 Å². The Labute approximate surface area is 79.4 Å². The normalized spacial score (nSPS) is 11.3. The molecule has 0 spiro atoms. The quantitative estimate of drug-likeness (QED) is 0.303. The molecule has 3 nitrogen and oxygen atoms in total. The number of nitrogens with two attached hydrogens (primary N) is 1. The zero-order chi connectivity index (χ0) is 9.40. The van der Waals surface area contributed by atoms with Crippen LogP contribution in [-0.4, -0.2) is 17.5 Å². The van der Waals surface area contributed by atoms with Crippen LogP contribution in [0.2, 0.25) is 0 Å². The molecule has 0 radical (unpaired) electrons. The maximum atomic E-state index is 5.35. The highest BCUT2D eigenvalue weighted by Gasteiger charge is 1.91. The van der Waals surface area contributed by atoms with Crippen LogP contribution < -0.4 is 11.1 Å². The predicted molar refractivity (Wildman–Crippen MR) is 57.4 cm³/mol. The Hall–Kier alpha value is -0.640. The van der Waals surface area contributed by atoms with Crippen LogP contribution in [0.15, 0.2) is 4.99 Å². The van der Waals surface area contributed by atoms with Gasteiger partial charge in [0.2, 0.25) is 0 Å². The smallest absolute Gasteiger partial charge is 0.194 e. The van der Waals surface area contributed by atoms with E-state index in [4.69, 9.17) is 18.0 Å². The highest BCUT2D eigenvalue weighted by molar-refractivity contribution is 7.80. The van der Waals surface area contributed by atoms with Gasteiger partial charge >= 0.3 is 0 Å². The lowest BCUT2D eigenvalue weighted by molar-refractivity contribution is 0.697. The zero-order valence-electron chi connectivity index (χ0n) is 7.76. The van der Waals surface area contributed by atoms with Crippen LogP contribution in [-0.2, 0) is 0 Å². The van der Waals surface area contributed by atoms with Crippen molar-refractivity contribution in [3.8, 4) is 0 Å². The fraction of sp³-hybridized carbons (Fsp3) is 0.750. The third kappa shape index (κ3) is 7.47. The van der Waals surface area contributed by atoms with Crippen LogP contribution in [0, 0.1) is 0 Å². The standard InChI is InChI=1S/C8H17N3S/c1-3-4-5-6-10-8(12)11-7(2)9/h3-6H2,1-2H3,(H3,9,10,11,12). The van der Waals surface area contributed by atoms with Gasteiger partial charge in [0.25, 0.3) is 0 Å². The van der Waals surface area contributed by atoms with Gasteiger partial charge in [-0.2, -0.15) is 0 Å². The Kier molecular flexibility index (Phi) is 6.66. The molecule has 0 aromatic carbocycles. The van der Waals surface area contributed by atoms with E-state index in [2.05, 4.69) is 17.2 Å². The minimum atomic E-state index is 0.492. The second kappa shape index (κ2) is 7.03. The SMILES string of the molecule is CCCCCNC(=S)N=C(C)N. The molecular weight excluding hydrogens is 170 g/mol. The molecule has 0 aliphatic carbocycles. The molecule has 0 atom stereocenters. The van der Waals surface area contributed by atoms with Crippen LogP contribution in [0.1, 0.15) is 33.1 Å². The maximum absolute atomic E-state index is 5.35. The van der Waals surface area contributed by atoms with Gasteiger partial charge in [0.15, 0.2) is 5.11 Å². The third-order valence-electron chi connectivity index (χ3n) is 1.33. The molecule has 12 heavy (non-hydrogen) atoms. The third-order valence-corrected chi connectivity index (χ3v) is 1.57. The van der Waals surface area contributed by atoms with Crippen molar-refractivity contribution in [2.24, 2.45) is 10.7 Å². The summed E-state index contributed by atoms with van der Waals surface area (Å²) in [4.78, 5) is 3.89. The fourth-order valence-corrected chi connectivity index (χ4v) is 1.02. The summed E-state index contributed by atoms with van der Waals surface area (Å²) in [5.41, 5.74) is 5.35. The molecule has 0 saturated heterocycles. The van der Waals surface area contributed by atoms with E-state index in [-0.39, 0.29) is 0 Å². The summed E-state index contributed by atoms with van der Waals surface area (Å²) in [6, 6.07) is 0. The average molecular weight is 187 g/mol. The number of hydrogen-bond acceptors (Lipinski definition) is 1. The molecule has 0 unspecified atom stereocenters. The molecule has 0 aromatic rings. The van der Waals surface area contributed by atoms with Crippen LogP contribution in [0.3, 0.4) is 0 Å². The van der Waals surface area contributed by atoms with E-state index < -0.39 is 0 Å². The van der Waals surface area contributed by atoms with Crippen molar-refractivity contribution in [3.05, 3.63) is 0 Å². The molecule has 0 rings (SSSR count). The van der Waals surface area contributed by atoms with E-state index in [1.54, 1.807) is 6.92 Å². The molecule has 0 heterocycles. The zero-order valence-corrected chi connectivity index (χ0v) is 8.58. The van der Waals surface area contributed by atoms with Gasteiger partial charge < -0.3 is 11.1 Å². The van der Waals surface area contributed by atoms with E-state index in [0.717, 1.165) is 13.0 Å². The lowest BCUT2D eigenvalue weighted by atomic mass is 10.2. The Morgan fingerprint density at radius 1 is 1.50 bits per heavy atom. The van der Waals surface area contributed by atoms with Gasteiger partial charge in [-0.3, -0.25) is 0 Å². The first-order valence-electron chi connectivity index (χ1n) is 4.25. The Morgan fingerprint density at radius 3 is 2.67 bits per heavy atom. The molecule has 3 N–H and O–H groups in total. The minimum absolute atomic E-state index is 0.492. The van der Waals surface area contributed by atoms with Gasteiger partial charge in [-0.05, 0) is 25.6 Å². The summed E-state index contributed by atoms with van der Waals surface area (Å²) in [7, 11) is 0. The van der Waals surface area contributed by atoms with Crippen LogP contribution in [0.4, 0.5) is 0 Å². The second-order valence-electron chi connectivity index (χ2n) is 2.69. The van der Waals surface area contributed by atoms with Crippen LogP contribution in [0.5, 0.6) is 0 Å². The van der Waals surface area contributed by atoms with E-state index in [0.29, 0.717) is 10.9 Å². The lowest BCUT2D eigenvalue weighted by Gasteiger charge is -2.02. The minimum Gasteiger partial charge on any atom is -0.387 e. The molecule has 4 heteroatoms. The van der Waals surface area contributed by atoms with Gasteiger partial charge in [-0.1, -0.05) is 19.8 Å². The number of rotatable bonds is 4. The summed E-state index contributed by atoms with van der Waals surface area (Å²) in [6.45, 7) is 4.78. The highest BCUT2D eigenvalue weighted by Crippen LogP contribution is 1.91. The molecule has 0 aromatic heterocycles. The van der Waals surface area contributed by atoms with Crippen molar-refractivity contribution < 1.29 is 0 Å². The summed E-state index contributed by atoms with van der Waals surface area (Å²) >= 11 is 4.90. The summed E-state index contributed by atoms with van der Waals surface area (Å²) in [5, 5.41) is 3.50. The van der Waals surface area contributed by atoms with Gasteiger partial charge in [-0.15, -0.1) is 0 Å². The largest absolute Gasteiger partial charge is 0.387 e. The number of hydrogen-bond donors (Lipinski definition) is 2. The molecule has 0 aliphatic heterocycles. The maximum Gasteiger partial charge on any atom is 0.194 e. The van der Waals surface area contributed by atoms with Crippen LogP contribution >= 0.6 is 12.2 Å². The molecule has 0 amide bonds. The number of aliphatic imine (C=N–C) groups is 1. The van der Waals surface area contributed by atoms with Crippen molar-refractivity contribution >= 4 is 23.2 Å². The molecule has 0 saturated carbocycles. The van der Waals surface area contributed by atoms with E-state index in [1.807, 2.05) is 0 Å². The molecule has 0 bridgehead atoms. The predicted octanol–water partition coefficient (Wildman–Crippen LogP) is 1.43. The first-order valence-corrected chi connectivity index (χ1v) is 4.66. The molecule has 70 valence electrons. The van der Waals surface area contributed by atoms with Crippen molar-refractivity contribution in [1.82, 2.24) is 5.32 Å². The van der Waals surface area contributed by atoms with E-state index in [9.17, 15) is 0 Å². The summed E-state index contributed by atoms with van der Waals surface area (Å²) < 4.78 is 0. The number of thiocarbonyl (C=S) groups is 1. The van der Waals surface area contributed by atoms with Gasteiger partial charge in [0, 0.05) is 6.54 Å². The molecular formula is C8H17N3S. The fourth-order valence-electron chi connectivity index (χ4n) is 0.770. The van der Waals surface area contributed by atoms with E-state index in [1.165, 1.54) is 12.8 Å². The summed E-state index contributed by atoms with van der Waals surface area (Å²) in [5.74, 6) is 0.503.